The van der Waals surface area contributed by atoms with E-state index < -0.39 is 5.97 Å². The van der Waals surface area contributed by atoms with Crippen LogP contribution < -0.4 is 0 Å². The minimum absolute atomic E-state index is 0.242. The number of carbonyl (C=O) groups excluding carboxylic acids is 1. The molecule has 1 aromatic rings. The lowest BCUT2D eigenvalue weighted by Gasteiger charge is -2.10. The van der Waals surface area contributed by atoms with Crippen molar-refractivity contribution in [1.82, 2.24) is 4.90 Å². The first-order chi connectivity index (χ1) is 7.11. The van der Waals surface area contributed by atoms with Gasteiger partial charge in [-0.2, -0.15) is 0 Å². The molecule has 0 saturated carbocycles. The molecule has 1 N–H and O–H groups in total. The normalized spacial score (nSPS) is 10.2. The molecular weight excluding hydrogens is 194 g/mol. The number of aliphatic carboxylic acids is 1. The summed E-state index contributed by atoms with van der Waals surface area (Å²) in [6, 6.07) is 8.66. The fraction of sp³-hybridized carbons (Fsp3) is 0.0909. The number of carbonyl (C=O) groups is 2. The average Bonchev–Trinajstić information content (AvgIpc) is 2.26. The van der Waals surface area contributed by atoms with E-state index in [0.29, 0.717) is 5.56 Å². The van der Waals surface area contributed by atoms with Crippen LogP contribution in [0, 0.1) is 0 Å². The Hall–Kier alpha value is -2.10. The largest absolute Gasteiger partial charge is 0.478 e. The van der Waals surface area contributed by atoms with Gasteiger partial charge in [-0.05, 0) is 12.1 Å². The zero-order valence-corrected chi connectivity index (χ0v) is 8.25. The van der Waals surface area contributed by atoms with Crippen LogP contribution in [0.3, 0.4) is 0 Å². The highest BCUT2D eigenvalue weighted by atomic mass is 16.4. The van der Waals surface area contributed by atoms with Crippen LogP contribution in [0.1, 0.15) is 10.4 Å². The maximum Gasteiger partial charge on any atom is 0.329 e. The number of carboxylic acid groups (broad SMARTS) is 1. The molecule has 0 bridgehead atoms. The molecule has 0 aliphatic carbocycles. The number of rotatable bonds is 3. The van der Waals surface area contributed by atoms with Crippen LogP contribution in [-0.2, 0) is 4.79 Å². The van der Waals surface area contributed by atoms with E-state index in [1.165, 1.54) is 18.1 Å². The van der Waals surface area contributed by atoms with Crippen LogP contribution in [0.4, 0.5) is 0 Å². The van der Waals surface area contributed by atoms with E-state index in [1.54, 1.807) is 24.3 Å². The SMILES string of the molecule is CN(/C=C/C(=O)O)C(=O)c1ccccc1. The van der Waals surface area contributed by atoms with Gasteiger partial charge in [0, 0.05) is 24.9 Å². The first-order valence-electron chi connectivity index (χ1n) is 4.34. The first kappa shape index (κ1) is 11.0. The van der Waals surface area contributed by atoms with Gasteiger partial charge in [0.15, 0.2) is 0 Å². The minimum atomic E-state index is -1.08. The quantitative estimate of drug-likeness (QED) is 0.758. The van der Waals surface area contributed by atoms with Gasteiger partial charge in [0.25, 0.3) is 5.91 Å². The van der Waals surface area contributed by atoms with Gasteiger partial charge in [-0.1, -0.05) is 18.2 Å². The van der Waals surface area contributed by atoms with Crippen LogP contribution >= 0.6 is 0 Å². The lowest BCUT2D eigenvalue weighted by atomic mass is 10.2. The Balaban J connectivity index is 2.74. The summed E-state index contributed by atoms with van der Waals surface area (Å²) in [6.07, 6.45) is 2.14. The summed E-state index contributed by atoms with van der Waals surface area (Å²) in [5.74, 6) is -1.32. The Bertz CT molecular complexity index is 384. The van der Waals surface area contributed by atoms with E-state index in [2.05, 4.69) is 0 Å². The minimum Gasteiger partial charge on any atom is -0.478 e. The molecule has 0 aromatic heterocycles. The van der Waals surface area contributed by atoms with Gasteiger partial charge in [-0.15, -0.1) is 0 Å². The van der Waals surface area contributed by atoms with Gasteiger partial charge in [0.1, 0.15) is 0 Å². The standard InChI is InChI=1S/C11H11NO3/c1-12(8-7-10(13)14)11(15)9-5-3-2-4-6-9/h2-8H,1H3,(H,13,14)/b8-7+. The Kier molecular flexibility index (Phi) is 3.62. The number of nitrogens with zero attached hydrogens (tertiary/aromatic N) is 1. The summed E-state index contributed by atoms with van der Waals surface area (Å²) in [4.78, 5) is 23.1. The highest BCUT2D eigenvalue weighted by Crippen LogP contribution is 2.02. The summed E-state index contributed by atoms with van der Waals surface area (Å²) in [5, 5.41) is 8.39. The Morgan fingerprint density at radius 2 is 1.87 bits per heavy atom. The maximum absolute atomic E-state index is 11.6. The van der Waals surface area contributed by atoms with E-state index >= 15 is 0 Å². The van der Waals surface area contributed by atoms with Crippen molar-refractivity contribution in [2.24, 2.45) is 0 Å². The van der Waals surface area contributed by atoms with E-state index in [0.717, 1.165) is 6.08 Å². The van der Waals surface area contributed by atoms with Crippen molar-refractivity contribution in [3.63, 3.8) is 0 Å². The van der Waals surface area contributed by atoms with Crippen LogP contribution in [-0.4, -0.2) is 28.9 Å². The topological polar surface area (TPSA) is 57.6 Å². The molecule has 4 nitrogen and oxygen atoms in total. The lowest BCUT2D eigenvalue weighted by molar-refractivity contribution is -0.131. The molecule has 0 spiro atoms. The second-order valence-electron chi connectivity index (χ2n) is 2.94. The molecule has 1 rings (SSSR count). The van der Waals surface area contributed by atoms with Crippen LogP contribution in [0.5, 0.6) is 0 Å². The highest BCUT2D eigenvalue weighted by molar-refractivity contribution is 5.95. The van der Waals surface area contributed by atoms with Crippen molar-refractivity contribution in [1.29, 1.82) is 0 Å². The molecule has 0 aliphatic rings. The number of hydrogen-bond acceptors (Lipinski definition) is 2. The molecule has 4 heteroatoms. The van der Waals surface area contributed by atoms with Gasteiger partial charge in [-0.3, -0.25) is 4.79 Å². The van der Waals surface area contributed by atoms with Crippen molar-refractivity contribution >= 4 is 11.9 Å². The van der Waals surface area contributed by atoms with Crippen molar-refractivity contribution in [2.45, 2.75) is 0 Å². The summed E-state index contributed by atoms with van der Waals surface area (Å²) in [7, 11) is 1.51. The number of hydrogen-bond donors (Lipinski definition) is 1. The van der Waals surface area contributed by atoms with Crippen LogP contribution in [0.25, 0.3) is 0 Å². The van der Waals surface area contributed by atoms with E-state index in [1.807, 2.05) is 6.07 Å². The molecule has 0 heterocycles. The van der Waals surface area contributed by atoms with Gasteiger partial charge in [0.05, 0.1) is 0 Å². The predicted octanol–water partition coefficient (Wildman–Crippen LogP) is 1.36. The predicted molar refractivity (Wildman–Crippen MR) is 55.3 cm³/mol. The van der Waals surface area contributed by atoms with Gasteiger partial charge < -0.3 is 10.0 Å². The van der Waals surface area contributed by atoms with Crippen molar-refractivity contribution in [3.05, 3.63) is 48.2 Å². The fourth-order valence-corrected chi connectivity index (χ4v) is 1.03. The maximum atomic E-state index is 11.6. The average molecular weight is 205 g/mol. The molecule has 0 atom stereocenters. The second kappa shape index (κ2) is 4.95. The molecule has 0 saturated heterocycles. The molecule has 0 fully saturated rings. The van der Waals surface area contributed by atoms with E-state index in [4.69, 9.17) is 5.11 Å². The molecule has 15 heavy (non-hydrogen) atoms. The van der Waals surface area contributed by atoms with Crippen molar-refractivity contribution in [2.75, 3.05) is 7.05 Å². The highest BCUT2D eigenvalue weighted by Gasteiger charge is 2.07. The zero-order valence-electron chi connectivity index (χ0n) is 8.25. The molecule has 0 aliphatic heterocycles. The van der Waals surface area contributed by atoms with E-state index in [9.17, 15) is 9.59 Å². The van der Waals surface area contributed by atoms with Crippen LogP contribution in [0.15, 0.2) is 42.6 Å². The molecule has 1 amide bonds. The number of carboxylic acids is 1. The Morgan fingerprint density at radius 3 is 2.40 bits per heavy atom. The third-order valence-corrected chi connectivity index (χ3v) is 1.78. The molecule has 78 valence electrons. The Morgan fingerprint density at radius 1 is 1.27 bits per heavy atom. The number of amides is 1. The van der Waals surface area contributed by atoms with Crippen molar-refractivity contribution < 1.29 is 14.7 Å². The van der Waals surface area contributed by atoms with Gasteiger partial charge in [-0.25, -0.2) is 4.79 Å². The van der Waals surface area contributed by atoms with Crippen molar-refractivity contribution in [3.8, 4) is 0 Å². The lowest BCUT2D eigenvalue weighted by Crippen LogP contribution is -2.21. The first-order valence-corrected chi connectivity index (χ1v) is 4.34. The second-order valence-corrected chi connectivity index (χ2v) is 2.94. The van der Waals surface area contributed by atoms with Crippen LogP contribution in [0.2, 0.25) is 0 Å². The zero-order chi connectivity index (χ0) is 11.3. The number of benzene rings is 1. The summed E-state index contributed by atoms with van der Waals surface area (Å²) in [6.45, 7) is 0. The summed E-state index contributed by atoms with van der Waals surface area (Å²) in [5.41, 5.74) is 0.523. The Labute approximate surface area is 87.4 Å². The molecule has 1 aromatic carbocycles. The van der Waals surface area contributed by atoms with Gasteiger partial charge >= 0.3 is 5.97 Å². The summed E-state index contributed by atoms with van der Waals surface area (Å²) >= 11 is 0. The molecule has 0 unspecified atom stereocenters. The molecule has 0 radical (unpaired) electrons. The third kappa shape index (κ3) is 3.27. The fourth-order valence-electron chi connectivity index (χ4n) is 1.03. The smallest absolute Gasteiger partial charge is 0.329 e. The third-order valence-electron chi connectivity index (χ3n) is 1.78. The molecular formula is C11H11NO3. The summed E-state index contributed by atoms with van der Waals surface area (Å²) < 4.78 is 0. The van der Waals surface area contributed by atoms with Gasteiger partial charge in [0.2, 0.25) is 0 Å². The monoisotopic (exact) mass is 205 g/mol. The van der Waals surface area contributed by atoms with E-state index in [-0.39, 0.29) is 5.91 Å².